The highest BCUT2D eigenvalue weighted by Crippen LogP contribution is 2.36. The summed E-state index contributed by atoms with van der Waals surface area (Å²) in [6, 6.07) is 8.70. The molecule has 2 aromatic heterocycles. The quantitative estimate of drug-likeness (QED) is 0.410. The summed E-state index contributed by atoms with van der Waals surface area (Å²) in [4.78, 5) is 43.5. The maximum atomic E-state index is 13.2. The summed E-state index contributed by atoms with van der Waals surface area (Å²) in [5, 5.41) is 0.179. The molecule has 0 fully saturated rings. The monoisotopic (exact) mass is 494 g/mol. The molecule has 0 radical (unpaired) electrons. The van der Waals surface area contributed by atoms with Gasteiger partial charge in [-0.2, -0.15) is 0 Å². The number of Topliss-reactive ketones (excluding diaryl/α,β-unsaturated/α-hetero) is 1. The second kappa shape index (κ2) is 11.1. The number of methoxy groups -OCH3 is 3. The molecule has 35 heavy (non-hydrogen) atoms. The third kappa shape index (κ3) is 5.31. The first-order valence-electron chi connectivity index (χ1n) is 10.5. The van der Waals surface area contributed by atoms with E-state index in [0.717, 1.165) is 11.8 Å². The molecule has 10 nitrogen and oxygen atoms in total. The third-order valence-electron chi connectivity index (χ3n) is 5.00. The minimum absolute atomic E-state index is 0.00982. The number of carbonyl (C=O) groups is 2. The predicted molar refractivity (Wildman–Crippen MR) is 130 cm³/mol. The number of pyridine rings is 1. The highest BCUT2D eigenvalue weighted by molar-refractivity contribution is 8.01. The van der Waals surface area contributed by atoms with E-state index in [-0.39, 0.29) is 23.1 Å². The zero-order valence-electron chi connectivity index (χ0n) is 19.3. The van der Waals surface area contributed by atoms with Crippen LogP contribution in [0.3, 0.4) is 0 Å². The Balaban J connectivity index is 1.80. The molecule has 1 aromatic carbocycles. The van der Waals surface area contributed by atoms with E-state index in [1.165, 1.54) is 26.6 Å². The topological polar surface area (TPSA) is 122 Å². The standard InChI is InChI=1S/C24H22N4O6S/c1-31-8-9-34-18-11-15-14(10-17(18)32-2)24(27-13-26-15)28-21-22(30)19(33-3)12-16(29)23(21)35-20-6-4-5-7-25-20/h4-7,10-13,23H,8-9H2,1-3H3. The van der Waals surface area contributed by atoms with Gasteiger partial charge in [-0.25, -0.2) is 19.9 Å². The van der Waals surface area contributed by atoms with Crippen LogP contribution in [-0.4, -0.2) is 72.0 Å². The van der Waals surface area contributed by atoms with Gasteiger partial charge in [0.1, 0.15) is 23.9 Å². The van der Waals surface area contributed by atoms with Gasteiger partial charge in [-0.15, -0.1) is 0 Å². The van der Waals surface area contributed by atoms with Crippen LogP contribution in [0.1, 0.15) is 0 Å². The molecule has 1 aliphatic carbocycles. The zero-order chi connectivity index (χ0) is 24.8. The highest BCUT2D eigenvalue weighted by atomic mass is 32.2. The molecule has 1 aliphatic rings. The molecule has 0 saturated heterocycles. The summed E-state index contributed by atoms with van der Waals surface area (Å²) in [6.45, 7) is 0.735. The van der Waals surface area contributed by atoms with Gasteiger partial charge >= 0.3 is 0 Å². The lowest BCUT2D eigenvalue weighted by Gasteiger charge is -2.20. The van der Waals surface area contributed by atoms with Gasteiger partial charge in [0.2, 0.25) is 5.78 Å². The van der Waals surface area contributed by atoms with Crippen molar-refractivity contribution in [3.05, 3.63) is 54.7 Å². The first-order chi connectivity index (χ1) is 17.0. The average Bonchev–Trinajstić information content (AvgIpc) is 2.88. The molecule has 11 heteroatoms. The Kier molecular flexibility index (Phi) is 7.68. The van der Waals surface area contributed by atoms with Crippen LogP contribution in [-0.2, 0) is 19.1 Å². The minimum atomic E-state index is -0.917. The second-order valence-corrected chi connectivity index (χ2v) is 8.29. The molecule has 0 amide bonds. The fourth-order valence-corrected chi connectivity index (χ4v) is 4.30. The summed E-state index contributed by atoms with van der Waals surface area (Å²) in [5.74, 6) is 0.201. The zero-order valence-corrected chi connectivity index (χ0v) is 20.1. The number of hydrogen-bond donors (Lipinski definition) is 0. The van der Waals surface area contributed by atoms with E-state index in [1.54, 1.807) is 43.6 Å². The summed E-state index contributed by atoms with van der Waals surface area (Å²) in [5.41, 5.74) is 0.517. The van der Waals surface area contributed by atoms with Crippen molar-refractivity contribution in [1.82, 2.24) is 15.0 Å². The SMILES string of the molecule is COCCOc1cc2ncnc(N=C3C(=O)C(OC)=CC(=O)C3Sc3ccccn3)c2cc1OC. The van der Waals surface area contributed by atoms with E-state index in [1.807, 2.05) is 0 Å². The fourth-order valence-electron chi connectivity index (χ4n) is 3.32. The maximum absolute atomic E-state index is 13.2. The van der Waals surface area contributed by atoms with Gasteiger partial charge in [-0.05, 0) is 18.2 Å². The molecular weight excluding hydrogens is 472 g/mol. The van der Waals surface area contributed by atoms with Gasteiger partial charge in [-0.3, -0.25) is 9.59 Å². The number of carbonyl (C=O) groups excluding carboxylic acids is 2. The molecule has 180 valence electrons. The van der Waals surface area contributed by atoms with Crippen molar-refractivity contribution < 1.29 is 28.5 Å². The molecule has 0 aliphatic heterocycles. The van der Waals surface area contributed by atoms with Gasteiger partial charge in [0, 0.05) is 30.8 Å². The Morgan fingerprint density at radius 2 is 1.86 bits per heavy atom. The van der Waals surface area contributed by atoms with Crippen LogP contribution in [0.2, 0.25) is 0 Å². The van der Waals surface area contributed by atoms with Crippen LogP contribution >= 0.6 is 11.8 Å². The number of nitrogens with zero attached hydrogens (tertiary/aromatic N) is 4. The van der Waals surface area contributed by atoms with Crippen molar-refractivity contribution in [1.29, 1.82) is 0 Å². The number of allylic oxidation sites excluding steroid dienone is 2. The number of fused-ring (bicyclic) bond motifs is 1. The lowest BCUT2D eigenvalue weighted by molar-refractivity contribution is -0.117. The van der Waals surface area contributed by atoms with Crippen molar-refractivity contribution in [2.75, 3.05) is 34.5 Å². The van der Waals surface area contributed by atoms with Crippen LogP contribution < -0.4 is 9.47 Å². The Hall–Kier alpha value is -3.83. The highest BCUT2D eigenvalue weighted by Gasteiger charge is 2.37. The first-order valence-corrected chi connectivity index (χ1v) is 11.4. The molecule has 1 atom stereocenters. The van der Waals surface area contributed by atoms with Crippen LogP contribution in [0.15, 0.2) is 64.7 Å². The Bertz CT molecular complexity index is 1310. The van der Waals surface area contributed by atoms with E-state index in [4.69, 9.17) is 18.9 Å². The smallest absolute Gasteiger partial charge is 0.243 e. The van der Waals surface area contributed by atoms with Gasteiger partial charge in [0.25, 0.3) is 0 Å². The summed E-state index contributed by atoms with van der Waals surface area (Å²) in [7, 11) is 4.43. The van der Waals surface area contributed by atoms with Gasteiger partial charge < -0.3 is 18.9 Å². The molecule has 1 unspecified atom stereocenters. The Morgan fingerprint density at radius 3 is 2.57 bits per heavy atom. The number of aromatic nitrogens is 3. The molecular formula is C24H22N4O6S. The normalized spacial score (nSPS) is 16.9. The van der Waals surface area contributed by atoms with E-state index < -0.39 is 11.0 Å². The number of benzene rings is 1. The largest absolute Gasteiger partial charge is 0.493 e. The van der Waals surface area contributed by atoms with Crippen molar-refractivity contribution in [3.8, 4) is 11.5 Å². The molecule has 0 N–H and O–H groups in total. The molecule has 3 aromatic rings. The molecule has 0 bridgehead atoms. The maximum Gasteiger partial charge on any atom is 0.243 e. The summed E-state index contributed by atoms with van der Waals surface area (Å²) < 4.78 is 21.4. The van der Waals surface area contributed by atoms with Crippen LogP contribution in [0.25, 0.3) is 10.9 Å². The number of rotatable bonds is 9. The summed E-state index contributed by atoms with van der Waals surface area (Å²) in [6.07, 6.45) is 4.13. The van der Waals surface area contributed by atoms with E-state index in [0.29, 0.717) is 40.6 Å². The predicted octanol–water partition coefficient (Wildman–Crippen LogP) is 2.97. The minimum Gasteiger partial charge on any atom is -0.493 e. The summed E-state index contributed by atoms with van der Waals surface area (Å²) >= 11 is 1.13. The van der Waals surface area contributed by atoms with Crippen molar-refractivity contribution in [2.45, 2.75) is 10.3 Å². The molecule has 0 saturated carbocycles. The van der Waals surface area contributed by atoms with Gasteiger partial charge in [0.05, 0.1) is 31.4 Å². The third-order valence-corrected chi connectivity index (χ3v) is 6.18. The van der Waals surface area contributed by atoms with E-state index >= 15 is 0 Å². The second-order valence-electron chi connectivity index (χ2n) is 7.17. The van der Waals surface area contributed by atoms with Crippen molar-refractivity contribution in [3.63, 3.8) is 0 Å². The van der Waals surface area contributed by atoms with Crippen LogP contribution in [0.5, 0.6) is 11.5 Å². The lowest BCUT2D eigenvalue weighted by Crippen LogP contribution is -2.38. The van der Waals surface area contributed by atoms with Crippen LogP contribution in [0.4, 0.5) is 5.82 Å². The molecule has 0 spiro atoms. The lowest BCUT2D eigenvalue weighted by atomic mass is 10.0. The number of hydrogen-bond acceptors (Lipinski definition) is 11. The fraction of sp³-hybridized carbons (Fsp3) is 0.250. The Labute approximate surface area is 205 Å². The number of ketones is 2. The average molecular weight is 495 g/mol. The molecule has 2 heterocycles. The number of aliphatic imine (C=N–C) groups is 1. The van der Waals surface area contributed by atoms with Gasteiger partial charge in [-0.1, -0.05) is 17.8 Å². The van der Waals surface area contributed by atoms with Crippen molar-refractivity contribution >= 4 is 45.8 Å². The first kappa shape index (κ1) is 24.3. The van der Waals surface area contributed by atoms with Gasteiger partial charge in [0.15, 0.2) is 28.9 Å². The number of thioether (sulfide) groups is 1. The van der Waals surface area contributed by atoms with E-state index in [9.17, 15) is 9.59 Å². The van der Waals surface area contributed by atoms with Crippen molar-refractivity contribution in [2.24, 2.45) is 4.99 Å². The van der Waals surface area contributed by atoms with Crippen LogP contribution in [0, 0.1) is 0 Å². The molecule has 4 rings (SSSR count). The van der Waals surface area contributed by atoms with E-state index in [2.05, 4.69) is 19.9 Å². The Morgan fingerprint density at radius 1 is 1.00 bits per heavy atom. The number of ether oxygens (including phenoxy) is 4.